The summed E-state index contributed by atoms with van der Waals surface area (Å²) in [6.07, 6.45) is -1.22. The quantitative estimate of drug-likeness (QED) is 0.573. The van der Waals surface area contributed by atoms with E-state index in [2.05, 4.69) is 28.6 Å². The van der Waals surface area contributed by atoms with Crippen LogP contribution in [0.25, 0.3) is 0 Å². The zero-order valence-corrected chi connectivity index (χ0v) is 20.9. The number of urea groups is 1. The molecule has 1 saturated carbocycles. The largest absolute Gasteiger partial charge is 0.497 e. The first kappa shape index (κ1) is 25.9. The predicted molar refractivity (Wildman–Crippen MR) is 130 cm³/mol. The smallest absolute Gasteiger partial charge is 0.416 e. The van der Waals surface area contributed by atoms with Crippen LogP contribution in [0.2, 0.25) is 0 Å². The summed E-state index contributed by atoms with van der Waals surface area (Å²) in [6.45, 7) is 0.932. The number of carbonyl (C=O) groups is 1. The Hall–Kier alpha value is -3.14. The molecule has 1 aliphatic heterocycles. The number of rotatable bonds is 6. The Balaban J connectivity index is 1.48. The van der Waals surface area contributed by atoms with E-state index in [1.54, 1.807) is 14.2 Å². The zero-order chi connectivity index (χ0) is 26.1. The minimum Gasteiger partial charge on any atom is -0.497 e. The molecule has 7 nitrogen and oxygen atoms in total. The van der Waals surface area contributed by atoms with Gasteiger partial charge in [0.15, 0.2) is 11.5 Å². The Labute approximate surface area is 208 Å². The second-order valence-electron chi connectivity index (χ2n) is 9.49. The molecule has 3 atom stereocenters. The molecule has 2 fully saturated rings. The molecule has 0 aromatic heterocycles. The van der Waals surface area contributed by atoms with Gasteiger partial charge in [0, 0.05) is 29.3 Å². The molecule has 1 saturated heterocycles. The van der Waals surface area contributed by atoms with Gasteiger partial charge in [-0.2, -0.15) is 13.2 Å². The van der Waals surface area contributed by atoms with Crippen molar-refractivity contribution in [2.75, 3.05) is 40.2 Å². The van der Waals surface area contributed by atoms with Gasteiger partial charge in [0.2, 0.25) is 0 Å². The van der Waals surface area contributed by atoms with Crippen molar-refractivity contribution >= 4 is 11.7 Å². The number of amides is 2. The molecule has 1 aliphatic carbocycles. The molecule has 0 unspecified atom stereocenters. The Bertz CT molecular complexity index is 1110. The first-order valence-corrected chi connectivity index (χ1v) is 11.9. The number of ether oxygens (including phenoxy) is 3. The molecule has 36 heavy (non-hydrogen) atoms. The lowest BCUT2D eigenvalue weighted by molar-refractivity contribution is -0.137. The highest BCUT2D eigenvalue weighted by atomic mass is 19.4. The van der Waals surface area contributed by atoms with Crippen LogP contribution in [0.3, 0.4) is 0 Å². The van der Waals surface area contributed by atoms with Crippen LogP contribution in [-0.4, -0.2) is 57.9 Å². The van der Waals surface area contributed by atoms with Crippen LogP contribution < -0.4 is 24.8 Å². The molecule has 196 valence electrons. The van der Waals surface area contributed by atoms with Crippen LogP contribution >= 0.6 is 0 Å². The van der Waals surface area contributed by atoms with Crippen molar-refractivity contribution in [2.45, 2.75) is 49.4 Å². The molecule has 2 aromatic rings. The lowest BCUT2D eigenvalue weighted by Crippen LogP contribution is -2.52. The van der Waals surface area contributed by atoms with E-state index in [4.69, 9.17) is 14.2 Å². The topological polar surface area (TPSA) is 72.1 Å². The second kappa shape index (κ2) is 10.1. The van der Waals surface area contributed by atoms with Gasteiger partial charge in [-0.05, 0) is 69.1 Å². The van der Waals surface area contributed by atoms with Crippen molar-refractivity contribution in [1.29, 1.82) is 0 Å². The fourth-order valence-electron chi connectivity index (χ4n) is 5.70. The molecule has 2 amide bonds. The van der Waals surface area contributed by atoms with E-state index in [-0.39, 0.29) is 28.9 Å². The van der Waals surface area contributed by atoms with Crippen molar-refractivity contribution in [1.82, 2.24) is 10.2 Å². The maximum Gasteiger partial charge on any atom is 0.416 e. The molecule has 2 aliphatic rings. The Morgan fingerprint density at radius 3 is 2.44 bits per heavy atom. The third kappa shape index (κ3) is 5.04. The van der Waals surface area contributed by atoms with Gasteiger partial charge in [-0.3, -0.25) is 0 Å². The van der Waals surface area contributed by atoms with Crippen LogP contribution in [0.5, 0.6) is 17.2 Å². The van der Waals surface area contributed by atoms with Crippen LogP contribution in [0.15, 0.2) is 36.4 Å². The molecular formula is C26H32F3N3O4. The lowest BCUT2D eigenvalue weighted by Gasteiger charge is -2.45. The third-order valence-electron chi connectivity index (χ3n) is 7.55. The highest BCUT2D eigenvalue weighted by molar-refractivity contribution is 5.89. The predicted octanol–water partition coefficient (Wildman–Crippen LogP) is 5.05. The maximum absolute atomic E-state index is 13.2. The average molecular weight is 508 g/mol. The molecule has 10 heteroatoms. The summed E-state index contributed by atoms with van der Waals surface area (Å²) in [7, 11) is 6.60. The summed E-state index contributed by atoms with van der Waals surface area (Å²) in [5.74, 6) is 1.39. The number of methoxy groups -OCH3 is 3. The summed E-state index contributed by atoms with van der Waals surface area (Å²) >= 11 is 0. The number of alkyl halides is 3. The molecular weight excluding hydrogens is 475 g/mol. The summed E-state index contributed by atoms with van der Waals surface area (Å²) in [5.41, 5.74) is 0.250. The Morgan fingerprint density at radius 2 is 1.78 bits per heavy atom. The zero-order valence-electron chi connectivity index (χ0n) is 20.9. The maximum atomic E-state index is 13.2. The van der Waals surface area contributed by atoms with Crippen molar-refractivity contribution in [3.63, 3.8) is 0 Å². The Morgan fingerprint density at radius 1 is 1.03 bits per heavy atom. The van der Waals surface area contributed by atoms with Gasteiger partial charge in [-0.1, -0.05) is 6.07 Å². The number of hydrogen-bond acceptors (Lipinski definition) is 5. The van der Waals surface area contributed by atoms with Crippen LogP contribution in [0.4, 0.5) is 23.7 Å². The number of halogens is 3. The SMILES string of the molecule is COc1cc(NC(=O)N[C@@H]2CC[C@@]3(c4ccc(OC)c(OC)c4)CCN(C)[C@H]3C2)cc(C(F)(F)F)c1. The minimum atomic E-state index is -4.55. The summed E-state index contributed by atoms with van der Waals surface area (Å²) in [5, 5.41) is 5.50. The molecule has 1 heterocycles. The number of benzene rings is 2. The van der Waals surface area contributed by atoms with Gasteiger partial charge in [-0.15, -0.1) is 0 Å². The second-order valence-corrected chi connectivity index (χ2v) is 9.49. The number of hydrogen-bond donors (Lipinski definition) is 2. The van der Waals surface area contributed by atoms with E-state index in [1.165, 1.54) is 18.7 Å². The van der Waals surface area contributed by atoms with Gasteiger partial charge < -0.3 is 29.7 Å². The fraction of sp³-hybridized carbons (Fsp3) is 0.500. The standard InChI is InChI=1S/C26H32F3N3O4/c1-32-10-9-25(16-5-6-21(35-3)22(13-16)36-4)8-7-18(15-23(25)32)30-24(33)31-19-11-17(26(27,28)29)12-20(14-19)34-2/h5-6,11-14,18,23H,7-10,15H2,1-4H3,(H2,30,31,33)/t18-,23+,25+/m1/s1. The molecule has 0 spiro atoms. The fourth-order valence-corrected chi connectivity index (χ4v) is 5.70. The van der Waals surface area contributed by atoms with Crippen LogP contribution in [0, 0.1) is 0 Å². The Kier molecular flexibility index (Phi) is 7.26. The van der Waals surface area contributed by atoms with Gasteiger partial charge >= 0.3 is 12.2 Å². The van der Waals surface area contributed by atoms with Crippen molar-refractivity contribution < 1.29 is 32.2 Å². The number of carbonyl (C=O) groups excluding carboxylic acids is 1. The number of likely N-dealkylation sites (N-methyl/N-ethyl adjacent to an activating group) is 1. The third-order valence-corrected chi connectivity index (χ3v) is 7.55. The molecule has 0 bridgehead atoms. The number of nitrogens with zero attached hydrogens (tertiary/aromatic N) is 1. The number of likely N-dealkylation sites (tertiary alicyclic amines) is 1. The van der Waals surface area contributed by atoms with Crippen LogP contribution in [-0.2, 0) is 11.6 Å². The molecule has 2 N–H and O–H groups in total. The van der Waals surface area contributed by atoms with Crippen LogP contribution in [0.1, 0.15) is 36.8 Å². The number of fused-ring (bicyclic) bond motifs is 1. The van der Waals surface area contributed by atoms with Gasteiger partial charge in [0.05, 0.1) is 26.9 Å². The minimum absolute atomic E-state index is 0.0186. The van der Waals surface area contributed by atoms with Crippen molar-refractivity contribution in [3.8, 4) is 17.2 Å². The molecule has 2 aromatic carbocycles. The van der Waals surface area contributed by atoms with E-state index in [0.29, 0.717) is 11.5 Å². The number of nitrogens with one attached hydrogen (secondary N) is 2. The highest BCUT2D eigenvalue weighted by Gasteiger charge is 2.50. The van der Waals surface area contributed by atoms with E-state index in [1.807, 2.05) is 12.1 Å². The van der Waals surface area contributed by atoms with E-state index in [0.717, 1.165) is 44.4 Å². The lowest BCUT2D eigenvalue weighted by atomic mass is 9.65. The van der Waals surface area contributed by atoms with Gasteiger partial charge in [0.1, 0.15) is 5.75 Å². The summed E-state index contributed by atoms with van der Waals surface area (Å²) in [6, 6.07) is 8.77. The average Bonchev–Trinajstić information content (AvgIpc) is 3.19. The highest BCUT2D eigenvalue weighted by Crippen LogP contribution is 2.50. The van der Waals surface area contributed by atoms with Crippen molar-refractivity contribution in [2.24, 2.45) is 0 Å². The first-order valence-electron chi connectivity index (χ1n) is 11.9. The van der Waals surface area contributed by atoms with E-state index >= 15 is 0 Å². The van der Waals surface area contributed by atoms with E-state index in [9.17, 15) is 18.0 Å². The van der Waals surface area contributed by atoms with Crippen molar-refractivity contribution in [3.05, 3.63) is 47.5 Å². The normalized spacial score (nSPS) is 24.1. The number of anilines is 1. The van der Waals surface area contributed by atoms with Gasteiger partial charge in [0.25, 0.3) is 0 Å². The van der Waals surface area contributed by atoms with E-state index < -0.39 is 17.8 Å². The summed E-state index contributed by atoms with van der Waals surface area (Å²) < 4.78 is 55.6. The molecule has 4 rings (SSSR count). The molecule has 0 radical (unpaired) electrons. The first-order chi connectivity index (χ1) is 17.1. The van der Waals surface area contributed by atoms with Gasteiger partial charge in [-0.25, -0.2) is 4.79 Å². The monoisotopic (exact) mass is 507 g/mol. The summed E-state index contributed by atoms with van der Waals surface area (Å²) in [4.78, 5) is 15.1.